The van der Waals surface area contributed by atoms with Crippen LogP contribution in [0, 0.1) is 17.2 Å². The second kappa shape index (κ2) is 14.9. The predicted octanol–water partition coefficient (Wildman–Crippen LogP) is 6.38. The molecule has 1 unspecified atom stereocenters. The van der Waals surface area contributed by atoms with Gasteiger partial charge in [0.1, 0.15) is 5.75 Å². The van der Waals surface area contributed by atoms with E-state index in [2.05, 4.69) is 60.9 Å². The van der Waals surface area contributed by atoms with E-state index in [9.17, 15) is 9.83 Å². The van der Waals surface area contributed by atoms with Crippen molar-refractivity contribution in [3.63, 3.8) is 0 Å². The summed E-state index contributed by atoms with van der Waals surface area (Å²) in [6, 6.07) is 19.0. The van der Waals surface area contributed by atoms with Gasteiger partial charge in [0, 0.05) is 17.0 Å². The number of nitrogens with zero attached hydrogens (tertiary/aromatic N) is 1. The van der Waals surface area contributed by atoms with Crippen molar-refractivity contribution in [3.05, 3.63) is 76.2 Å². The highest BCUT2D eigenvalue weighted by Crippen LogP contribution is 2.34. The molecule has 0 fully saturated rings. The maximum Gasteiger partial charge on any atom is 0.316 e. The van der Waals surface area contributed by atoms with Crippen LogP contribution < -0.4 is 10.1 Å². The molecule has 3 aromatic rings. The zero-order valence-electron chi connectivity index (χ0n) is 21.0. The molecule has 1 heterocycles. The van der Waals surface area contributed by atoms with Crippen LogP contribution in [0.1, 0.15) is 48.9 Å². The van der Waals surface area contributed by atoms with Crippen LogP contribution >= 0.6 is 19.6 Å². The summed E-state index contributed by atoms with van der Waals surface area (Å²) in [7, 11) is -2.85. The highest BCUT2D eigenvalue weighted by Gasteiger charge is 2.10. The van der Waals surface area contributed by atoms with Crippen molar-refractivity contribution in [3.8, 4) is 22.3 Å². The molecule has 1 atom stereocenters. The van der Waals surface area contributed by atoms with Gasteiger partial charge in [0.15, 0.2) is 0 Å². The Morgan fingerprint density at radius 3 is 2.67 bits per heavy atom. The maximum absolute atomic E-state index is 10.6. The number of thiophene rings is 1. The van der Waals surface area contributed by atoms with E-state index in [1.165, 1.54) is 5.56 Å². The number of rotatable bonds is 15. The van der Waals surface area contributed by atoms with Crippen LogP contribution in [0.5, 0.6) is 5.75 Å². The first-order valence-electron chi connectivity index (χ1n) is 12.3. The summed E-state index contributed by atoms with van der Waals surface area (Å²) < 4.78 is 21.5. The van der Waals surface area contributed by atoms with Crippen LogP contribution in [-0.2, 0) is 28.5 Å². The van der Waals surface area contributed by atoms with Crippen molar-refractivity contribution in [2.45, 2.75) is 46.1 Å². The van der Waals surface area contributed by atoms with Gasteiger partial charge >= 0.3 is 8.25 Å². The van der Waals surface area contributed by atoms with Gasteiger partial charge in [-0.05, 0) is 84.5 Å². The Kier molecular flexibility index (Phi) is 11.7. The smallest absolute Gasteiger partial charge is 0.316 e. The summed E-state index contributed by atoms with van der Waals surface area (Å²) in [6.45, 7) is 6.60. The average Bonchev–Trinajstić information content (AvgIpc) is 3.39. The quantitative estimate of drug-likeness (QED) is 0.176. The molecule has 0 aliphatic rings. The zero-order valence-corrected chi connectivity index (χ0v) is 22.8. The van der Waals surface area contributed by atoms with Gasteiger partial charge in [-0.1, -0.05) is 38.1 Å². The molecular formula is C28H35N2O4PS. The van der Waals surface area contributed by atoms with Crippen molar-refractivity contribution < 1.29 is 18.7 Å². The number of nitriles is 1. The minimum Gasteiger partial charge on any atom is -0.493 e. The Balaban J connectivity index is 1.55. The van der Waals surface area contributed by atoms with Crippen LogP contribution in [-0.4, -0.2) is 24.7 Å². The number of nitrogens with one attached hydrogen (secondary N) is 1. The number of hydrogen-bond acceptors (Lipinski definition) is 6. The van der Waals surface area contributed by atoms with Crippen molar-refractivity contribution in [2.24, 2.45) is 5.92 Å². The minimum atomic E-state index is -2.85. The SMILES string of the molecule is CC(C)Cc1ccc(CCCOc2ccc(CNCCCO[PH](=O)O)cc2-c2cccs2)cc1C#N. The molecule has 6 nitrogen and oxygen atoms in total. The van der Waals surface area contributed by atoms with Crippen molar-refractivity contribution >= 4 is 19.6 Å². The first kappa shape index (κ1) is 28.1. The Morgan fingerprint density at radius 1 is 1.11 bits per heavy atom. The summed E-state index contributed by atoms with van der Waals surface area (Å²) in [5.74, 6) is 1.39. The van der Waals surface area contributed by atoms with Crippen LogP contribution in [0.4, 0.5) is 0 Å². The Bertz CT molecular complexity index is 1160. The van der Waals surface area contributed by atoms with Gasteiger partial charge in [-0.3, -0.25) is 4.57 Å². The maximum atomic E-state index is 10.6. The summed E-state index contributed by atoms with van der Waals surface area (Å²) in [4.78, 5) is 9.87. The molecule has 3 rings (SSSR count). The number of aryl methyl sites for hydroxylation is 1. The first-order valence-corrected chi connectivity index (χ1v) is 14.5. The minimum absolute atomic E-state index is 0.272. The normalized spacial score (nSPS) is 12.0. The third-order valence-electron chi connectivity index (χ3n) is 5.67. The van der Waals surface area contributed by atoms with Gasteiger partial charge < -0.3 is 19.5 Å². The second-order valence-corrected chi connectivity index (χ2v) is 10.9. The van der Waals surface area contributed by atoms with E-state index in [0.717, 1.165) is 52.1 Å². The van der Waals surface area contributed by atoms with Crippen molar-refractivity contribution in [1.82, 2.24) is 5.32 Å². The fraction of sp³-hybridized carbons (Fsp3) is 0.393. The van der Waals surface area contributed by atoms with Gasteiger partial charge in [-0.15, -0.1) is 11.3 Å². The Hall–Kier alpha value is -2.46. The van der Waals surface area contributed by atoms with Crippen LogP contribution in [0.2, 0.25) is 0 Å². The molecule has 0 saturated carbocycles. The molecular weight excluding hydrogens is 491 g/mol. The zero-order chi connectivity index (χ0) is 25.8. The summed E-state index contributed by atoms with van der Waals surface area (Å²) in [5.41, 5.74) is 5.30. The van der Waals surface area contributed by atoms with Crippen molar-refractivity contribution in [2.75, 3.05) is 19.8 Å². The number of benzene rings is 2. The van der Waals surface area contributed by atoms with Gasteiger partial charge in [-0.25, -0.2) is 0 Å². The lowest BCUT2D eigenvalue weighted by Gasteiger charge is -2.14. The third kappa shape index (κ3) is 9.20. The summed E-state index contributed by atoms with van der Waals surface area (Å²) >= 11 is 1.68. The Morgan fingerprint density at radius 2 is 1.94 bits per heavy atom. The second-order valence-electron chi connectivity index (χ2n) is 9.11. The molecule has 0 saturated heterocycles. The standard InChI is InChI=1S/C28H35N2O4PS/c1-21(2)16-24-10-8-22(17-25(24)19-29)6-3-13-33-27-11-9-23(18-26(27)28-7-4-15-36-28)20-30-12-5-14-34-35(31)32/h4,7-11,15,17-18,21,30,35H,3,5-6,12-14,16,20H2,1-2H3,(H,31,32). The van der Waals surface area contributed by atoms with Gasteiger partial charge in [0.05, 0.1) is 24.8 Å². The topological polar surface area (TPSA) is 91.6 Å². The van der Waals surface area contributed by atoms with Crippen LogP contribution in [0.25, 0.3) is 10.4 Å². The molecule has 2 aromatic carbocycles. The molecule has 0 aliphatic carbocycles. The first-order chi connectivity index (χ1) is 17.5. The van der Waals surface area contributed by atoms with Crippen molar-refractivity contribution in [1.29, 1.82) is 5.26 Å². The molecule has 0 amide bonds. The van der Waals surface area contributed by atoms with E-state index in [-0.39, 0.29) is 6.61 Å². The average molecular weight is 527 g/mol. The van der Waals surface area contributed by atoms with E-state index in [1.54, 1.807) is 11.3 Å². The van der Waals surface area contributed by atoms with E-state index in [1.807, 2.05) is 18.2 Å². The van der Waals surface area contributed by atoms with E-state index in [0.29, 0.717) is 32.0 Å². The van der Waals surface area contributed by atoms with E-state index < -0.39 is 8.25 Å². The Labute approximate surface area is 218 Å². The van der Waals surface area contributed by atoms with E-state index in [4.69, 9.17) is 14.2 Å². The highest BCUT2D eigenvalue weighted by atomic mass is 32.1. The molecule has 192 valence electrons. The fourth-order valence-corrected chi connectivity index (χ4v) is 5.05. The molecule has 0 spiro atoms. The summed E-state index contributed by atoms with van der Waals surface area (Å²) in [5, 5.41) is 14.9. The molecule has 0 bridgehead atoms. The number of hydrogen-bond donors (Lipinski definition) is 2. The monoisotopic (exact) mass is 526 g/mol. The highest BCUT2D eigenvalue weighted by molar-refractivity contribution is 7.32. The summed E-state index contributed by atoms with van der Waals surface area (Å²) in [6.07, 6.45) is 3.32. The molecule has 8 heteroatoms. The van der Waals surface area contributed by atoms with E-state index >= 15 is 0 Å². The largest absolute Gasteiger partial charge is 0.493 e. The number of ether oxygens (including phenoxy) is 1. The molecule has 36 heavy (non-hydrogen) atoms. The van der Waals surface area contributed by atoms with Crippen LogP contribution in [0.3, 0.4) is 0 Å². The fourth-order valence-electron chi connectivity index (χ4n) is 3.99. The molecule has 0 aliphatic heterocycles. The molecule has 2 N–H and O–H groups in total. The molecule has 1 aromatic heterocycles. The lowest BCUT2D eigenvalue weighted by molar-refractivity contribution is 0.276. The third-order valence-corrected chi connectivity index (χ3v) is 7.03. The molecule has 0 radical (unpaired) electrons. The van der Waals surface area contributed by atoms with Crippen LogP contribution in [0.15, 0.2) is 53.9 Å². The lowest BCUT2D eigenvalue weighted by Crippen LogP contribution is -2.16. The van der Waals surface area contributed by atoms with Gasteiger partial charge in [-0.2, -0.15) is 5.26 Å². The predicted molar refractivity (Wildman–Crippen MR) is 147 cm³/mol. The van der Waals surface area contributed by atoms with Gasteiger partial charge in [0.2, 0.25) is 0 Å². The lowest BCUT2D eigenvalue weighted by atomic mass is 9.96. The van der Waals surface area contributed by atoms with Gasteiger partial charge in [0.25, 0.3) is 0 Å².